The van der Waals surface area contributed by atoms with Gasteiger partial charge in [0.1, 0.15) is 6.54 Å². The predicted octanol–water partition coefficient (Wildman–Crippen LogP) is 1.86. The van der Waals surface area contributed by atoms with E-state index < -0.39 is 9.84 Å². The summed E-state index contributed by atoms with van der Waals surface area (Å²) in [5.41, 5.74) is 2.09. The lowest BCUT2D eigenvalue weighted by Crippen LogP contribution is -2.48. The highest BCUT2D eigenvalue weighted by Gasteiger charge is 2.39. The maximum atomic E-state index is 13.1. The molecule has 1 saturated carbocycles. The van der Waals surface area contributed by atoms with Crippen molar-refractivity contribution >= 4 is 15.7 Å². The Morgan fingerprint density at radius 1 is 1.14 bits per heavy atom. The van der Waals surface area contributed by atoms with Gasteiger partial charge in [0.15, 0.2) is 9.84 Å². The number of nitrogens with zero attached hydrogens (tertiary/aromatic N) is 5. The third-order valence-corrected chi connectivity index (χ3v) is 7.71. The second-order valence-corrected chi connectivity index (χ2v) is 10.2. The lowest BCUT2D eigenvalue weighted by atomic mass is 10.1. The van der Waals surface area contributed by atoms with E-state index in [1.165, 1.54) is 10.4 Å². The molecule has 29 heavy (non-hydrogen) atoms. The monoisotopic (exact) mass is 417 g/mol. The molecule has 0 unspecified atom stereocenters. The average Bonchev–Trinajstić information content (AvgIpc) is 3.44. The second kappa shape index (κ2) is 8.22. The first-order chi connectivity index (χ1) is 13.9. The molecule has 0 N–H and O–H groups in total. The van der Waals surface area contributed by atoms with E-state index in [0.717, 1.165) is 37.7 Å². The zero-order chi connectivity index (χ0) is 20.4. The van der Waals surface area contributed by atoms with E-state index in [1.54, 1.807) is 0 Å². The third kappa shape index (κ3) is 4.49. The van der Waals surface area contributed by atoms with Gasteiger partial charge in [0.05, 0.1) is 11.5 Å². The van der Waals surface area contributed by atoms with Crippen molar-refractivity contribution in [2.24, 2.45) is 0 Å². The summed E-state index contributed by atoms with van der Waals surface area (Å²) in [5, 5.41) is 12.5. The van der Waals surface area contributed by atoms with Crippen LogP contribution < -0.4 is 0 Å². The number of amides is 1. The van der Waals surface area contributed by atoms with Crippen LogP contribution in [0.25, 0.3) is 11.4 Å². The first-order valence-electron chi connectivity index (χ1n) is 10.3. The number of aryl methyl sites for hydroxylation is 1. The summed E-state index contributed by atoms with van der Waals surface area (Å²) in [7, 11) is -3.06. The van der Waals surface area contributed by atoms with Crippen molar-refractivity contribution in [2.75, 3.05) is 11.5 Å². The van der Waals surface area contributed by atoms with Crippen LogP contribution in [0.5, 0.6) is 0 Å². The van der Waals surface area contributed by atoms with Crippen LogP contribution in [0.2, 0.25) is 0 Å². The molecule has 1 amide bonds. The number of tetrazole rings is 1. The number of hydrogen-bond donors (Lipinski definition) is 0. The molecular formula is C20H27N5O3S. The average molecular weight is 418 g/mol. The number of rotatable bonds is 6. The number of sulfone groups is 1. The molecule has 2 aliphatic rings. The minimum absolute atomic E-state index is 0.0207. The highest BCUT2D eigenvalue weighted by atomic mass is 32.2. The van der Waals surface area contributed by atoms with Gasteiger partial charge in [-0.15, -0.1) is 10.2 Å². The topological polar surface area (TPSA) is 98.0 Å². The number of carbonyl (C=O) groups excluding carboxylic acids is 1. The van der Waals surface area contributed by atoms with Gasteiger partial charge in [-0.05, 0) is 36.5 Å². The van der Waals surface area contributed by atoms with E-state index in [1.807, 2.05) is 29.2 Å². The van der Waals surface area contributed by atoms with E-state index >= 15 is 0 Å². The van der Waals surface area contributed by atoms with Gasteiger partial charge in [0, 0.05) is 17.6 Å². The Morgan fingerprint density at radius 2 is 1.86 bits per heavy atom. The molecule has 2 fully saturated rings. The predicted molar refractivity (Wildman–Crippen MR) is 109 cm³/mol. The number of benzene rings is 1. The van der Waals surface area contributed by atoms with Crippen molar-refractivity contribution in [1.82, 2.24) is 25.1 Å². The molecule has 8 nitrogen and oxygen atoms in total. The van der Waals surface area contributed by atoms with E-state index in [0.29, 0.717) is 12.2 Å². The van der Waals surface area contributed by atoms with Gasteiger partial charge in [-0.3, -0.25) is 4.79 Å². The van der Waals surface area contributed by atoms with E-state index in [2.05, 4.69) is 22.3 Å². The second-order valence-electron chi connectivity index (χ2n) is 7.99. The van der Waals surface area contributed by atoms with Crippen LogP contribution in [0.4, 0.5) is 0 Å². The minimum atomic E-state index is -3.06. The van der Waals surface area contributed by atoms with Crippen LogP contribution in [0.3, 0.4) is 0 Å². The largest absolute Gasteiger partial charge is 0.334 e. The number of aromatic nitrogens is 4. The van der Waals surface area contributed by atoms with Gasteiger partial charge in [0.25, 0.3) is 0 Å². The summed E-state index contributed by atoms with van der Waals surface area (Å²) in [6.07, 6.45) is 5.50. The van der Waals surface area contributed by atoms with E-state index in [4.69, 9.17) is 0 Å². The molecule has 2 heterocycles. The summed E-state index contributed by atoms with van der Waals surface area (Å²) in [6.45, 7) is 2.08. The van der Waals surface area contributed by atoms with Gasteiger partial charge < -0.3 is 4.90 Å². The van der Waals surface area contributed by atoms with Gasteiger partial charge in [-0.2, -0.15) is 4.80 Å². The van der Waals surface area contributed by atoms with Crippen LogP contribution in [0.15, 0.2) is 24.3 Å². The van der Waals surface area contributed by atoms with E-state index in [9.17, 15) is 13.2 Å². The minimum Gasteiger partial charge on any atom is -0.334 e. The molecule has 1 atom stereocenters. The van der Waals surface area contributed by atoms with Gasteiger partial charge >= 0.3 is 0 Å². The molecule has 4 rings (SSSR count). The van der Waals surface area contributed by atoms with Crippen molar-refractivity contribution < 1.29 is 13.2 Å². The van der Waals surface area contributed by atoms with Crippen LogP contribution >= 0.6 is 0 Å². The summed E-state index contributed by atoms with van der Waals surface area (Å²) in [5.74, 6) is 0.587. The Labute approximate surface area is 171 Å². The molecule has 2 aromatic rings. The molecule has 9 heteroatoms. The quantitative estimate of drug-likeness (QED) is 0.712. The number of hydrogen-bond acceptors (Lipinski definition) is 6. The first-order valence-corrected chi connectivity index (χ1v) is 12.2. The summed E-state index contributed by atoms with van der Waals surface area (Å²) < 4.78 is 23.9. The lowest BCUT2D eigenvalue weighted by Gasteiger charge is -2.33. The smallest absolute Gasteiger partial charge is 0.246 e. The normalized spacial score (nSPS) is 21.5. The van der Waals surface area contributed by atoms with Crippen molar-refractivity contribution in [3.8, 4) is 11.4 Å². The zero-order valence-electron chi connectivity index (χ0n) is 16.7. The standard InChI is InChI=1S/C20H27N5O3S/c1-2-15-7-9-16(10-8-15)20-21-23-24(22-20)13-19(26)25(17-5-3-4-6-17)18-11-12-29(27,28)14-18/h7-10,17-18H,2-6,11-14H2,1H3/t18-/m0/s1. The summed E-state index contributed by atoms with van der Waals surface area (Å²) in [6, 6.07) is 7.85. The summed E-state index contributed by atoms with van der Waals surface area (Å²) >= 11 is 0. The molecule has 1 aromatic heterocycles. The fourth-order valence-electron chi connectivity index (χ4n) is 4.40. The zero-order valence-corrected chi connectivity index (χ0v) is 17.5. The molecule has 1 aliphatic carbocycles. The Kier molecular flexibility index (Phi) is 5.67. The molecule has 1 aliphatic heterocycles. The van der Waals surface area contributed by atoms with Crippen molar-refractivity contribution in [3.63, 3.8) is 0 Å². The fraction of sp³-hybridized carbons (Fsp3) is 0.600. The Bertz CT molecular complexity index is 964. The molecule has 0 bridgehead atoms. The van der Waals surface area contributed by atoms with E-state index in [-0.39, 0.29) is 36.0 Å². The Morgan fingerprint density at radius 3 is 2.48 bits per heavy atom. The lowest BCUT2D eigenvalue weighted by molar-refractivity contribution is -0.136. The van der Waals surface area contributed by atoms with Gasteiger partial charge in [-0.25, -0.2) is 8.42 Å². The van der Waals surface area contributed by atoms with Gasteiger partial charge in [0.2, 0.25) is 11.7 Å². The highest BCUT2D eigenvalue weighted by Crippen LogP contribution is 2.29. The number of carbonyl (C=O) groups is 1. The molecule has 1 aromatic carbocycles. The van der Waals surface area contributed by atoms with Crippen molar-refractivity contribution in [1.29, 1.82) is 0 Å². The van der Waals surface area contributed by atoms with Gasteiger partial charge in [-0.1, -0.05) is 44.0 Å². The van der Waals surface area contributed by atoms with Crippen LogP contribution in [-0.4, -0.2) is 63.0 Å². The highest BCUT2D eigenvalue weighted by molar-refractivity contribution is 7.91. The third-order valence-electron chi connectivity index (χ3n) is 5.96. The van der Waals surface area contributed by atoms with Crippen LogP contribution in [0.1, 0.15) is 44.6 Å². The molecular weight excluding hydrogens is 390 g/mol. The molecule has 0 spiro atoms. The van der Waals surface area contributed by atoms with Crippen LogP contribution in [-0.2, 0) is 27.6 Å². The SMILES string of the molecule is CCc1ccc(-c2nnn(CC(=O)N(C3CCCC3)[C@H]3CCS(=O)(=O)C3)n2)cc1. The molecule has 0 radical (unpaired) electrons. The maximum absolute atomic E-state index is 13.1. The van der Waals surface area contributed by atoms with Crippen LogP contribution in [0, 0.1) is 0 Å². The van der Waals surface area contributed by atoms with Crippen molar-refractivity contribution in [3.05, 3.63) is 29.8 Å². The Balaban J connectivity index is 1.49. The molecule has 1 saturated heterocycles. The maximum Gasteiger partial charge on any atom is 0.246 e. The van der Waals surface area contributed by atoms with Crippen molar-refractivity contribution in [2.45, 2.75) is 64.1 Å². The first kappa shape index (κ1) is 20.0. The molecule has 156 valence electrons. The fourth-order valence-corrected chi connectivity index (χ4v) is 6.11. The summed E-state index contributed by atoms with van der Waals surface area (Å²) in [4.78, 5) is 16.3. The Hall–Kier alpha value is -2.29.